The van der Waals surface area contributed by atoms with Crippen molar-refractivity contribution in [2.75, 3.05) is 6.61 Å². The highest BCUT2D eigenvalue weighted by atomic mass is 17.2. The molecule has 0 bridgehead atoms. The van der Waals surface area contributed by atoms with Crippen LogP contribution in [0.15, 0.2) is 22.8 Å². The lowest BCUT2D eigenvalue weighted by molar-refractivity contribution is -0.312. The van der Waals surface area contributed by atoms with Gasteiger partial charge in [0, 0.05) is 6.42 Å². The molecule has 1 heterocycles. The van der Waals surface area contributed by atoms with Gasteiger partial charge in [0.2, 0.25) is 0 Å². The highest BCUT2D eigenvalue weighted by molar-refractivity contribution is 5.33. The van der Waals surface area contributed by atoms with Crippen molar-refractivity contribution in [1.29, 1.82) is 0 Å². The van der Waals surface area contributed by atoms with Gasteiger partial charge in [-0.2, -0.15) is 0 Å². The minimum Gasteiger partial charge on any atom is -0.393 e. The van der Waals surface area contributed by atoms with E-state index in [0.29, 0.717) is 43.1 Å². The topological polar surface area (TPSA) is 79.2 Å². The summed E-state index contributed by atoms with van der Waals surface area (Å²) >= 11 is 0. The molecule has 4 rings (SSSR count). The molecule has 0 radical (unpaired) electrons. The van der Waals surface area contributed by atoms with Crippen LogP contribution < -0.4 is 0 Å². The molecule has 2 fully saturated rings. The number of hydrogen-bond donors (Lipinski definition) is 3. The Balaban J connectivity index is 1.52. The van der Waals surface area contributed by atoms with Crippen LogP contribution in [0, 0.1) is 29.1 Å². The monoisotopic (exact) mass is 448 g/mol. The van der Waals surface area contributed by atoms with Gasteiger partial charge < -0.3 is 15.3 Å². The lowest BCUT2D eigenvalue weighted by Gasteiger charge is -2.45. The van der Waals surface area contributed by atoms with Crippen LogP contribution in [0.2, 0.25) is 0 Å². The van der Waals surface area contributed by atoms with Gasteiger partial charge in [-0.15, -0.1) is 0 Å². The fourth-order valence-corrected chi connectivity index (χ4v) is 7.57. The zero-order valence-electron chi connectivity index (χ0n) is 20.4. The van der Waals surface area contributed by atoms with Gasteiger partial charge in [0.15, 0.2) is 0 Å². The number of fused-ring (bicyclic) bond motifs is 1. The van der Waals surface area contributed by atoms with Crippen LogP contribution in [0.4, 0.5) is 0 Å². The average molecular weight is 449 g/mol. The van der Waals surface area contributed by atoms with Gasteiger partial charge in [0.25, 0.3) is 0 Å². The molecular formula is C27H44O5. The standard InChI is InChI=1S/C27H44O5/c1-16(2)10-19(28)11-17(3)23-7-8-24-18(6-5-9-27(23,24)4)12-26-21-13-20(29)14-25(30)22(21)15-31-32-26/h12,16-17,19-20,23-26,28-30H,5-11,13-15H2,1-4H3/b18-12+/t17-,19-,20-,23-,24+,25+,26?,27-/m1/s1. The second-order valence-corrected chi connectivity index (χ2v) is 11.8. The third-order valence-corrected chi connectivity index (χ3v) is 8.97. The normalized spacial score (nSPS) is 41.0. The maximum Gasteiger partial charge on any atom is 0.133 e. The maximum atomic E-state index is 10.6. The molecule has 0 aromatic heterocycles. The zero-order valence-corrected chi connectivity index (χ0v) is 20.4. The molecule has 0 saturated heterocycles. The van der Waals surface area contributed by atoms with Crippen LogP contribution in [0.25, 0.3) is 0 Å². The molecule has 5 nitrogen and oxygen atoms in total. The van der Waals surface area contributed by atoms with Crippen LogP contribution >= 0.6 is 0 Å². The highest BCUT2D eigenvalue weighted by Gasteiger charge is 2.51. The van der Waals surface area contributed by atoms with Crippen molar-refractivity contribution >= 4 is 0 Å². The van der Waals surface area contributed by atoms with Gasteiger partial charge in [-0.05, 0) is 97.7 Å². The quantitative estimate of drug-likeness (QED) is 0.405. The molecule has 8 atom stereocenters. The Hall–Kier alpha value is -0.720. The first-order valence-electron chi connectivity index (χ1n) is 12.9. The van der Waals surface area contributed by atoms with Crippen molar-refractivity contribution in [2.45, 2.75) is 110 Å². The van der Waals surface area contributed by atoms with Crippen molar-refractivity contribution in [2.24, 2.45) is 29.1 Å². The maximum absolute atomic E-state index is 10.6. The molecule has 5 heteroatoms. The first-order chi connectivity index (χ1) is 15.2. The van der Waals surface area contributed by atoms with Crippen molar-refractivity contribution in [3.63, 3.8) is 0 Å². The molecular weight excluding hydrogens is 404 g/mol. The van der Waals surface area contributed by atoms with Crippen molar-refractivity contribution in [3.05, 3.63) is 22.8 Å². The molecule has 1 unspecified atom stereocenters. The number of aliphatic hydroxyl groups is 3. The predicted octanol–water partition coefficient (Wildman–Crippen LogP) is 4.71. The molecule has 182 valence electrons. The third kappa shape index (κ3) is 4.88. The summed E-state index contributed by atoms with van der Waals surface area (Å²) in [6, 6.07) is 0. The van der Waals surface area contributed by atoms with Crippen LogP contribution in [-0.2, 0) is 9.78 Å². The molecule has 0 spiro atoms. The fraction of sp³-hybridized carbons (Fsp3) is 0.852. The lowest BCUT2D eigenvalue weighted by atomic mass is 9.60. The van der Waals surface area contributed by atoms with Crippen molar-refractivity contribution in [1.82, 2.24) is 0 Å². The van der Waals surface area contributed by atoms with Crippen LogP contribution in [-0.4, -0.2) is 46.3 Å². The molecule has 32 heavy (non-hydrogen) atoms. The summed E-state index contributed by atoms with van der Waals surface area (Å²) < 4.78 is 0. The van der Waals surface area contributed by atoms with E-state index in [4.69, 9.17) is 9.78 Å². The number of aliphatic hydroxyl groups excluding tert-OH is 3. The fourth-order valence-electron chi connectivity index (χ4n) is 7.57. The predicted molar refractivity (Wildman–Crippen MR) is 125 cm³/mol. The lowest BCUT2D eigenvalue weighted by Crippen LogP contribution is -2.38. The Bertz CT molecular complexity index is 728. The Labute approximate surface area is 193 Å². The number of hydrogen-bond acceptors (Lipinski definition) is 5. The van der Waals surface area contributed by atoms with E-state index in [1.165, 1.54) is 31.3 Å². The second kappa shape index (κ2) is 9.87. The average Bonchev–Trinajstić information content (AvgIpc) is 3.06. The summed E-state index contributed by atoms with van der Waals surface area (Å²) in [5, 5.41) is 31.2. The minimum atomic E-state index is -0.635. The smallest absolute Gasteiger partial charge is 0.133 e. The van der Waals surface area contributed by atoms with E-state index in [-0.39, 0.29) is 17.6 Å². The Morgan fingerprint density at radius 2 is 1.91 bits per heavy atom. The summed E-state index contributed by atoms with van der Waals surface area (Å²) in [4.78, 5) is 11.1. The van der Waals surface area contributed by atoms with E-state index in [0.717, 1.165) is 30.4 Å². The molecule has 3 N–H and O–H groups in total. The van der Waals surface area contributed by atoms with E-state index >= 15 is 0 Å². The van der Waals surface area contributed by atoms with Gasteiger partial charge in [-0.1, -0.05) is 33.3 Å². The Kier molecular flexibility index (Phi) is 7.53. The summed E-state index contributed by atoms with van der Waals surface area (Å²) in [6.45, 7) is 9.48. The van der Waals surface area contributed by atoms with E-state index in [2.05, 4.69) is 33.8 Å². The van der Waals surface area contributed by atoms with Gasteiger partial charge in [-0.25, -0.2) is 9.78 Å². The summed E-state index contributed by atoms with van der Waals surface area (Å²) in [5.41, 5.74) is 3.65. The van der Waals surface area contributed by atoms with Crippen LogP contribution in [0.1, 0.15) is 85.5 Å². The van der Waals surface area contributed by atoms with Gasteiger partial charge in [0.05, 0.1) is 18.3 Å². The zero-order chi connectivity index (χ0) is 23.0. The summed E-state index contributed by atoms with van der Waals surface area (Å²) in [7, 11) is 0. The van der Waals surface area contributed by atoms with E-state index < -0.39 is 12.2 Å². The second-order valence-electron chi connectivity index (χ2n) is 11.8. The third-order valence-electron chi connectivity index (χ3n) is 8.97. The van der Waals surface area contributed by atoms with E-state index in [1.54, 1.807) is 0 Å². The molecule has 0 aromatic rings. The molecule has 0 aromatic carbocycles. The number of rotatable bonds is 6. The molecule has 0 amide bonds. The van der Waals surface area contributed by atoms with Crippen molar-refractivity contribution < 1.29 is 25.1 Å². The largest absolute Gasteiger partial charge is 0.393 e. The first kappa shape index (κ1) is 24.4. The molecule has 2 saturated carbocycles. The Morgan fingerprint density at radius 3 is 2.66 bits per heavy atom. The molecule has 4 aliphatic rings. The summed E-state index contributed by atoms with van der Waals surface area (Å²) in [6.07, 6.45) is 9.26. The van der Waals surface area contributed by atoms with E-state index in [9.17, 15) is 15.3 Å². The summed E-state index contributed by atoms with van der Waals surface area (Å²) in [5.74, 6) is 2.22. The first-order valence-corrected chi connectivity index (χ1v) is 12.9. The molecule has 1 aliphatic heterocycles. The number of allylic oxidation sites excluding steroid dienone is 1. The SMILES string of the molecule is CC(C)C[C@@H](O)C[C@@H](C)[C@H]1CC[C@H]2/C(=C/C3OOCC4=C3C[C@@H](O)C[C@@H]4O)CCC[C@]12C. The minimum absolute atomic E-state index is 0.200. The van der Waals surface area contributed by atoms with Crippen LogP contribution in [0.5, 0.6) is 0 Å². The Morgan fingerprint density at radius 1 is 1.12 bits per heavy atom. The van der Waals surface area contributed by atoms with Gasteiger partial charge in [0.1, 0.15) is 12.7 Å². The highest BCUT2D eigenvalue weighted by Crippen LogP contribution is 2.60. The van der Waals surface area contributed by atoms with Gasteiger partial charge >= 0.3 is 0 Å². The van der Waals surface area contributed by atoms with Crippen molar-refractivity contribution in [3.8, 4) is 0 Å². The van der Waals surface area contributed by atoms with E-state index in [1.807, 2.05) is 0 Å². The molecule has 3 aliphatic carbocycles. The van der Waals surface area contributed by atoms with Gasteiger partial charge in [-0.3, -0.25) is 0 Å². The van der Waals surface area contributed by atoms with Crippen LogP contribution in [0.3, 0.4) is 0 Å².